The van der Waals surface area contributed by atoms with Crippen LogP contribution in [0.4, 0.5) is 13.2 Å². The fraction of sp³-hybridized carbons (Fsp3) is 0.727. The molecule has 0 saturated heterocycles. The fourth-order valence-electron chi connectivity index (χ4n) is 4.04. The van der Waals surface area contributed by atoms with E-state index in [1.54, 1.807) is 0 Å². The van der Waals surface area contributed by atoms with Gasteiger partial charge >= 0.3 is 6.18 Å². The van der Waals surface area contributed by atoms with Crippen LogP contribution in [0.5, 0.6) is 0 Å². The van der Waals surface area contributed by atoms with Crippen molar-refractivity contribution in [1.29, 1.82) is 0 Å². The van der Waals surface area contributed by atoms with E-state index in [0.29, 0.717) is 12.3 Å². The van der Waals surface area contributed by atoms with Crippen molar-refractivity contribution in [2.75, 3.05) is 0 Å². The van der Waals surface area contributed by atoms with Crippen LogP contribution >= 0.6 is 0 Å². The minimum absolute atomic E-state index is 0.264. The van der Waals surface area contributed by atoms with Gasteiger partial charge in [0.25, 0.3) is 0 Å². The largest absolute Gasteiger partial charge is 0.389 e. The lowest BCUT2D eigenvalue weighted by Gasteiger charge is -2.29. The average molecular weight is 355 g/mol. The van der Waals surface area contributed by atoms with E-state index in [2.05, 4.69) is 31.2 Å². The summed E-state index contributed by atoms with van der Waals surface area (Å²) in [4.78, 5) is 0. The predicted octanol–water partition coefficient (Wildman–Crippen LogP) is 7.82. The van der Waals surface area contributed by atoms with E-state index in [0.717, 1.165) is 32.1 Å². The summed E-state index contributed by atoms with van der Waals surface area (Å²) in [5.74, 6) is 0.806. The third-order valence-electron chi connectivity index (χ3n) is 5.70. The first-order valence-corrected chi connectivity index (χ1v) is 10.1. The van der Waals surface area contributed by atoms with Gasteiger partial charge in [-0.2, -0.15) is 13.2 Å². The second-order valence-electron chi connectivity index (χ2n) is 7.78. The van der Waals surface area contributed by atoms with Gasteiger partial charge in [-0.1, -0.05) is 56.9 Å². The molecule has 1 saturated carbocycles. The Morgan fingerprint density at radius 2 is 1.52 bits per heavy atom. The van der Waals surface area contributed by atoms with E-state index >= 15 is 0 Å². The molecule has 0 heterocycles. The van der Waals surface area contributed by atoms with Gasteiger partial charge in [-0.15, -0.1) is 0 Å². The van der Waals surface area contributed by atoms with E-state index < -0.39 is 12.6 Å². The molecule has 0 radical (unpaired) electrons. The van der Waals surface area contributed by atoms with Crippen LogP contribution in [0.25, 0.3) is 0 Å². The standard InChI is InChI=1S/C22H33F3/c1-2-3-4-5-6-7-18-8-12-20(13-9-18)21-14-10-19(11-15-21)16-17-22(23,24)25/h8-9,12-13,19,21H,2-7,10-11,14-17H2,1H3/t19-,21-. The summed E-state index contributed by atoms with van der Waals surface area (Å²) in [5, 5.41) is 0. The quantitative estimate of drug-likeness (QED) is 0.397. The molecule has 0 aromatic heterocycles. The highest BCUT2D eigenvalue weighted by atomic mass is 19.4. The highest BCUT2D eigenvalue weighted by molar-refractivity contribution is 5.25. The van der Waals surface area contributed by atoms with Crippen molar-refractivity contribution >= 4 is 0 Å². The van der Waals surface area contributed by atoms with E-state index in [1.165, 1.54) is 43.2 Å². The molecule has 1 aliphatic carbocycles. The molecule has 1 aromatic rings. The third kappa shape index (κ3) is 7.83. The van der Waals surface area contributed by atoms with Crippen molar-refractivity contribution in [3.63, 3.8) is 0 Å². The zero-order valence-electron chi connectivity index (χ0n) is 15.6. The minimum Gasteiger partial charge on any atom is -0.171 e. The number of aryl methyl sites for hydroxylation is 1. The molecule has 3 heteroatoms. The summed E-state index contributed by atoms with van der Waals surface area (Å²) in [5.41, 5.74) is 2.79. The molecule has 0 spiro atoms. The lowest BCUT2D eigenvalue weighted by Crippen LogP contribution is -2.16. The van der Waals surface area contributed by atoms with Gasteiger partial charge in [0, 0.05) is 6.42 Å². The van der Waals surface area contributed by atoms with Crippen LogP contribution in [-0.4, -0.2) is 6.18 Å². The normalized spacial score (nSPS) is 21.4. The number of unbranched alkanes of at least 4 members (excludes halogenated alkanes) is 4. The van der Waals surface area contributed by atoms with E-state index in [9.17, 15) is 13.2 Å². The van der Waals surface area contributed by atoms with Crippen LogP contribution in [0.1, 0.15) is 94.6 Å². The van der Waals surface area contributed by atoms with Crippen LogP contribution in [0.15, 0.2) is 24.3 Å². The number of halogens is 3. The average Bonchev–Trinajstić information content (AvgIpc) is 2.60. The van der Waals surface area contributed by atoms with Crippen LogP contribution < -0.4 is 0 Å². The Labute approximate surface area is 151 Å². The first-order chi connectivity index (χ1) is 12.0. The zero-order chi connectivity index (χ0) is 18.1. The second kappa shape index (κ2) is 10.2. The molecule has 0 atom stereocenters. The Balaban J connectivity index is 1.70. The molecular weight excluding hydrogens is 321 g/mol. The van der Waals surface area contributed by atoms with Crippen molar-refractivity contribution < 1.29 is 13.2 Å². The maximum Gasteiger partial charge on any atom is 0.389 e. The molecule has 25 heavy (non-hydrogen) atoms. The van der Waals surface area contributed by atoms with E-state index in [4.69, 9.17) is 0 Å². The lowest BCUT2D eigenvalue weighted by molar-refractivity contribution is -0.138. The van der Waals surface area contributed by atoms with Gasteiger partial charge in [-0.05, 0) is 67.9 Å². The summed E-state index contributed by atoms with van der Waals surface area (Å²) in [6.07, 6.45) is 7.38. The Morgan fingerprint density at radius 3 is 2.12 bits per heavy atom. The minimum atomic E-state index is -4.00. The van der Waals surface area contributed by atoms with E-state index in [1.807, 2.05) is 0 Å². The Hall–Kier alpha value is -0.990. The van der Waals surface area contributed by atoms with Crippen LogP contribution in [-0.2, 0) is 6.42 Å². The van der Waals surface area contributed by atoms with E-state index in [-0.39, 0.29) is 5.92 Å². The van der Waals surface area contributed by atoms with Crippen molar-refractivity contribution in [3.8, 4) is 0 Å². The molecular formula is C22H33F3. The molecule has 0 bridgehead atoms. The predicted molar refractivity (Wildman–Crippen MR) is 98.9 cm³/mol. The van der Waals surface area contributed by atoms with Crippen molar-refractivity contribution in [3.05, 3.63) is 35.4 Å². The highest BCUT2D eigenvalue weighted by Crippen LogP contribution is 2.39. The van der Waals surface area contributed by atoms with Crippen molar-refractivity contribution in [2.45, 2.75) is 96.1 Å². The number of hydrogen-bond donors (Lipinski definition) is 0. The summed E-state index contributed by atoms with van der Waals surface area (Å²) in [6, 6.07) is 9.01. The summed E-state index contributed by atoms with van der Waals surface area (Å²) >= 11 is 0. The van der Waals surface area contributed by atoms with Gasteiger partial charge in [0.2, 0.25) is 0 Å². The summed E-state index contributed by atoms with van der Waals surface area (Å²) in [7, 11) is 0. The molecule has 0 unspecified atom stereocenters. The smallest absolute Gasteiger partial charge is 0.171 e. The van der Waals surface area contributed by atoms with Crippen LogP contribution in [0, 0.1) is 5.92 Å². The molecule has 0 N–H and O–H groups in total. The third-order valence-corrected chi connectivity index (χ3v) is 5.70. The first kappa shape index (κ1) is 20.3. The Morgan fingerprint density at radius 1 is 0.880 bits per heavy atom. The molecule has 0 nitrogen and oxygen atoms in total. The van der Waals surface area contributed by atoms with Gasteiger partial charge < -0.3 is 0 Å². The first-order valence-electron chi connectivity index (χ1n) is 10.1. The monoisotopic (exact) mass is 354 g/mol. The lowest BCUT2D eigenvalue weighted by atomic mass is 9.77. The molecule has 2 rings (SSSR count). The number of benzene rings is 1. The highest BCUT2D eigenvalue weighted by Gasteiger charge is 2.30. The second-order valence-corrected chi connectivity index (χ2v) is 7.78. The Kier molecular flexibility index (Phi) is 8.32. The van der Waals surface area contributed by atoms with Crippen molar-refractivity contribution in [1.82, 2.24) is 0 Å². The molecule has 1 aliphatic rings. The van der Waals surface area contributed by atoms with Gasteiger partial charge in [-0.3, -0.25) is 0 Å². The molecule has 0 amide bonds. The summed E-state index contributed by atoms with van der Waals surface area (Å²) in [6.45, 7) is 2.24. The number of hydrogen-bond acceptors (Lipinski definition) is 0. The maximum atomic E-state index is 12.3. The van der Waals surface area contributed by atoms with Crippen molar-refractivity contribution in [2.24, 2.45) is 5.92 Å². The molecule has 1 fully saturated rings. The molecule has 0 aliphatic heterocycles. The van der Waals surface area contributed by atoms with Gasteiger partial charge in [-0.25, -0.2) is 0 Å². The number of rotatable bonds is 9. The number of alkyl halides is 3. The van der Waals surface area contributed by atoms with Crippen LogP contribution in [0.3, 0.4) is 0 Å². The SMILES string of the molecule is CCCCCCCc1ccc([C@H]2CC[C@H](CCC(F)(F)F)CC2)cc1. The zero-order valence-corrected chi connectivity index (χ0v) is 15.6. The topological polar surface area (TPSA) is 0 Å². The summed E-state index contributed by atoms with van der Waals surface area (Å²) < 4.78 is 37.0. The molecule has 1 aromatic carbocycles. The molecule has 142 valence electrons. The van der Waals surface area contributed by atoms with Crippen LogP contribution in [0.2, 0.25) is 0 Å². The van der Waals surface area contributed by atoms with Gasteiger partial charge in [0.1, 0.15) is 0 Å². The van der Waals surface area contributed by atoms with Gasteiger partial charge in [0.15, 0.2) is 0 Å². The Bertz CT molecular complexity index is 467. The van der Waals surface area contributed by atoms with Gasteiger partial charge in [0.05, 0.1) is 0 Å². The maximum absolute atomic E-state index is 12.3. The fourth-order valence-corrected chi connectivity index (χ4v) is 4.04.